The summed E-state index contributed by atoms with van der Waals surface area (Å²) in [4.78, 5) is 0.373. The molecule has 1 unspecified atom stereocenters. The first kappa shape index (κ1) is 4.19. The van der Waals surface area contributed by atoms with Crippen LogP contribution in [0, 0.1) is 0 Å². The normalized spacial score (nSPS) is 30.5. The first-order valence-electron chi connectivity index (χ1n) is 1.88. The Bertz CT molecular complexity index is 61.9. The van der Waals surface area contributed by atoms with E-state index in [2.05, 4.69) is 21.2 Å². The SMILES string of the molecule is BrC1CC=C[N]1. The molecule has 1 nitrogen and oxygen atoms in total. The molecule has 1 atom stereocenters. The quantitative estimate of drug-likeness (QED) is 0.361. The third-order valence-electron chi connectivity index (χ3n) is 0.684. The van der Waals surface area contributed by atoms with Crippen LogP contribution in [0.3, 0.4) is 0 Å². The van der Waals surface area contributed by atoms with E-state index < -0.39 is 0 Å². The fourth-order valence-corrected chi connectivity index (χ4v) is 0.741. The molecule has 0 aromatic rings. The lowest BCUT2D eigenvalue weighted by Crippen LogP contribution is -1.99. The minimum absolute atomic E-state index is 0.373. The molecule has 0 aliphatic carbocycles. The Balaban J connectivity index is 2.32. The lowest BCUT2D eigenvalue weighted by molar-refractivity contribution is 0.850. The molecule has 0 fully saturated rings. The molecule has 1 aliphatic rings. The summed E-state index contributed by atoms with van der Waals surface area (Å²) >= 11 is 3.31. The van der Waals surface area contributed by atoms with Gasteiger partial charge in [-0.05, 0) is 6.42 Å². The van der Waals surface area contributed by atoms with E-state index in [1.807, 2.05) is 12.3 Å². The van der Waals surface area contributed by atoms with Crippen molar-refractivity contribution in [3.05, 3.63) is 12.3 Å². The second kappa shape index (κ2) is 1.65. The molecule has 1 heterocycles. The smallest absolute Gasteiger partial charge is 0.108 e. The molecule has 0 amide bonds. The van der Waals surface area contributed by atoms with E-state index in [-0.39, 0.29) is 0 Å². The van der Waals surface area contributed by atoms with E-state index in [4.69, 9.17) is 0 Å². The Labute approximate surface area is 45.6 Å². The molecule has 1 rings (SSSR count). The third kappa shape index (κ3) is 0.744. The summed E-state index contributed by atoms with van der Waals surface area (Å²) in [5.41, 5.74) is 0. The van der Waals surface area contributed by atoms with Crippen LogP contribution in [0.1, 0.15) is 6.42 Å². The average Bonchev–Trinajstić information content (AvgIpc) is 1.86. The maximum Gasteiger partial charge on any atom is 0.108 e. The van der Waals surface area contributed by atoms with Gasteiger partial charge in [0.1, 0.15) is 4.95 Å². The van der Waals surface area contributed by atoms with Gasteiger partial charge in [0, 0.05) is 6.20 Å². The minimum atomic E-state index is 0.373. The van der Waals surface area contributed by atoms with Crippen molar-refractivity contribution in [2.75, 3.05) is 0 Å². The lowest BCUT2D eigenvalue weighted by atomic mass is 10.5. The third-order valence-corrected chi connectivity index (χ3v) is 1.29. The standard InChI is InChI=1S/C4H5BrN/c5-4-2-1-3-6-4/h1,3-4H,2H2. The van der Waals surface area contributed by atoms with Gasteiger partial charge < -0.3 is 0 Å². The van der Waals surface area contributed by atoms with Gasteiger partial charge in [-0.25, -0.2) is 0 Å². The second-order valence-electron chi connectivity index (χ2n) is 1.20. The van der Waals surface area contributed by atoms with E-state index in [1.54, 1.807) is 0 Å². The summed E-state index contributed by atoms with van der Waals surface area (Å²) in [6.45, 7) is 0. The van der Waals surface area contributed by atoms with Crippen LogP contribution in [0.2, 0.25) is 0 Å². The molecule has 2 heteroatoms. The van der Waals surface area contributed by atoms with Crippen molar-refractivity contribution >= 4 is 15.9 Å². The molecule has 0 saturated heterocycles. The van der Waals surface area contributed by atoms with Crippen LogP contribution in [-0.4, -0.2) is 4.95 Å². The van der Waals surface area contributed by atoms with Crippen molar-refractivity contribution in [1.82, 2.24) is 5.32 Å². The monoisotopic (exact) mass is 146 g/mol. The van der Waals surface area contributed by atoms with Gasteiger partial charge in [0.2, 0.25) is 0 Å². The number of hydrogen-bond donors (Lipinski definition) is 0. The molecule has 0 aromatic carbocycles. The molecular formula is C4H5BrN. The minimum Gasteiger partial charge on any atom is -0.278 e. The number of nitrogens with zero attached hydrogens (tertiary/aromatic N) is 1. The Hall–Kier alpha value is 0.0200. The molecule has 0 N–H and O–H groups in total. The molecular weight excluding hydrogens is 142 g/mol. The maximum atomic E-state index is 3.97. The molecule has 0 aromatic heterocycles. The van der Waals surface area contributed by atoms with Crippen molar-refractivity contribution in [1.29, 1.82) is 0 Å². The molecule has 33 valence electrons. The van der Waals surface area contributed by atoms with E-state index in [0.29, 0.717) is 4.95 Å². The maximum absolute atomic E-state index is 3.97. The summed E-state index contributed by atoms with van der Waals surface area (Å²) in [7, 11) is 0. The van der Waals surface area contributed by atoms with Crippen molar-refractivity contribution in [3.8, 4) is 0 Å². The van der Waals surface area contributed by atoms with E-state index >= 15 is 0 Å². The van der Waals surface area contributed by atoms with E-state index in [1.165, 1.54) is 0 Å². The van der Waals surface area contributed by atoms with E-state index in [0.717, 1.165) is 6.42 Å². The van der Waals surface area contributed by atoms with Crippen LogP contribution in [0.4, 0.5) is 0 Å². The van der Waals surface area contributed by atoms with Crippen molar-refractivity contribution in [2.45, 2.75) is 11.4 Å². The van der Waals surface area contributed by atoms with Crippen LogP contribution in [0.25, 0.3) is 0 Å². The predicted molar refractivity (Wildman–Crippen MR) is 28.6 cm³/mol. The van der Waals surface area contributed by atoms with Gasteiger partial charge in [0.05, 0.1) is 0 Å². The van der Waals surface area contributed by atoms with Crippen LogP contribution in [0.5, 0.6) is 0 Å². The fraction of sp³-hybridized carbons (Fsp3) is 0.500. The Morgan fingerprint density at radius 2 is 2.67 bits per heavy atom. The summed E-state index contributed by atoms with van der Waals surface area (Å²) in [6.07, 6.45) is 4.93. The molecule has 1 radical (unpaired) electrons. The van der Waals surface area contributed by atoms with Crippen LogP contribution in [0.15, 0.2) is 12.3 Å². The van der Waals surface area contributed by atoms with Crippen molar-refractivity contribution < 1.29 is 0 Å². The highest BCUT2D eigenvalue weighted by atomic mass is 79.9. The van der Waals surface area contributed by atoms with Crippen LogP contribution in [-0.2, 0) is 0 Å². The van der Waals surface area contributed by atoms with Gasteiger partial charge in [0.15, 0.2) is 0 Å². The Kier molecular flexibility index (Phi) is 1.15. The fourth-order valence-electron chi connectivity index (χ4n) is 0.388. The van der Waals surface area contributed by atoms with Gasteiger partial charge >= 0.3 is 0 Å². The lowest BCUT2D eigenvalue weighted by Gasteiger charge is -1.90. The van der Waals surface area contributed by atoms with Gasteiger partial charge in [-0.3, -0.25) is 5.32 Å². The second-order valence-corrected chi connectivity index (χ2v) is 2.26. The van der Waals surface area contributed by atoms with Crippen LogP contribution >= 0.6 is 15.9 Å². The van der Waals surface area contributed by atoms with Gasteiger partial charge in [0.25, 0.3) is 0 Å². The summed E-state index contributed by atoms with van der Waals surface area (Å²) < 4.78 is 0. The number of hydrogen-bond acceptors (Lipinski definition) is 0. The van der Waals surface area contributed by atoms with Gasteiger partial charge in [-0.15, -0.1) is 0 Å². The Morgan fingerprint density at radius 3 is 2.83 bits per heavy atom. The van der Waals surface area contributed by atoms with Gasteiger partial charge in [-0.2, -0.15) is 0 Å². The number of alkyl halides is 1. The summed E-state index contributed by atoms with van der Waals surface area (Å²) in [5, 5.41) is 3.97. The first-order valence-corrected chi connectivity index (χ1v) is 2.80. The zero-order valence-electron chi connectivity index (χ0n) is 3.26. The molecule has 1 aliphatic heterocycles. The average molecular weight is 147 g/mol. The Morgan fingerprint density at radius 1 is 1.83 bits per heavy atom. The number of halogens is 1. The first-order chi connectivity index (χ1) is 2.89. The summed E-state index contributed by atoms with van der Waals surface area (Å²) in [6, 6.07) is 0. The summed E-state index contributed by atoms with van der Waals surface area (Å²) in [5.74, 6) is 0. The molecule has 0 spiro atoms. The topological polar surface area (TPSA) is 14.1 Å². The highest BCUT2D eigenvalue weighted by Gasteiger charge is 2.02. The molecule has 0 saturated carbocycles. The molecule has 0 bridgehead atoms. The number of rotatable bonds is 0. The van der Waals surface area contributed by atoms with Gasteiger partial charge in [-0.1, -0.05) is 22.0 Å². The highest BCUT2D eigenvalue weighted by molar-refractivity contribution is 9.09. The predicted octanol–water partition coefficient (Wildman–Crippen LogP) is 1.23. The molecule has 6 heavy (non-hydrogen) atoms. The van der Waals surface area contributed by atoms with Crippen LogP contribution < -0.4 is 5.32 Å². The zero-order valence-corrected chi connectivity index (χ0v) is 4.85. The van der Waals surface area contributed by atoms with Crippen molar-refractivity contribution in [2.24, 2.45) is 0 Å². The van der Waals surface area contributed by atoms with E-state index in [9.17, 15) is 0 Å². The zero-order chi connectivity index (χ0) is 4.41. The highest BCUT2D eigenvalue weighted by Crippen LogP contribution is 2.08. The largest absolute Gasteiger partial charge is 0.278 e. The van der Waals surface area contributed by atoms with Crippen molar-refractivity contribution in [3.63, 3.8) is 0 Å².